The molecule has 1 N–H and O–H groups in total. The quantitative estimate of drug-likeness (QED) is 0.901. The fraction of sp³-hybridized carbons (Fsp3) is 0.647. The third-order valence-electron chi connectivity index (χ3n) is 4.99. The SMILES string of the molecule is OC1(c2ccccc2)CCCCC1CN1CCCC1. The summed E-state index contributed by atoms with van der Waals surface area (Å²) in [5.74, 6) is 0.404. The summed E-state index contributed by atoms with van der Waals surface area (Å²) in [6.07, 6.45) is 7.18. The van der Waals surface area contributed by atoms with Crippen molar-refractivity contribution in [2.45, 2.75) is 44.1 Å². The summed E-state index contributed by atoms with van der Waals surface area (Å²) < 4.78 is 0. The molecule has 1 heterocycles. The molecule has 1 saturated carbocycles. The van der Waals surface area contributed by atoms with Crippen LogP contribution in [0.1, 0.15) is 44.1 Å². The van der Waals surface area contributed by atoms with Crippen molar-refractivity contribution < 1.29 is 5.11 Å². The second-order valence-corrected chi connectivity index (χ2v) is 6.24. The van der Waals surface area contributed by atoms with E-state index in [1.807, 2.05) is 6.07 Å². The van der Waals surface area contributed by atoms with Crippen LogP contribution in [0.2, 0.25) is 0 Å². The van der Waals surface area contributed by atoms with E-state index in [4.69, 9.17) is 0 Å². The van der Waals surface area contributed by atoms with Crippen LogP contribution >= 0.6 is 0 Å². The summed E-state index contributed by atoms with van der Waals surface area (Å²) in [6.45, 7) is 3.52. The zero-order valence-corrected chi connectivity index (χ0v) is 11.7. The van der Waals surface area contributed by atoms with Crippen molar-refractivity contribution in [1.29, 1.82) is 0 Å². The zero-order valence-electron chi connectivity index (χ0n) is 11.7. The van der Waals surface area contributed by atoms with Gasteiger partial charge in [-0.2, -0.15) is 0 Å². The molecule has 104 valence electrons. The minimum absolute atomic E-state index is 0.404. The van der Waals surface area contributed by atoms with Gasteiger partial charge in [-0.3, -0.25) is 0 Å². The normalized spacial score (nSPS) is 32.6. The van der Waals surface area contributed by atoms with Crippen molar-refractivity contribution in [3.63, 3.8) is 0 Å². The molecule has 3 rings (SSSR count). The number of hydrogen-bond acceptors (Lipinski definition) is 2. The molecule has 2 nitrogen and oxygen atoms in total. The largest absolute Gasteiger partial charge is 0.385 e. The smallest absolute Gasteiger partial charge is 0.0936 e. The Kier molecular flexibility index (Phi) is 3.90. The highest BCUT2D eigenvalue weighted by Gasteiger charge is 2.41. The Balaban J connectivity index is 1.79. The molecule has 0 bridgehead atoms. The standard InChI is InChI=1S/C17H25NO/c19-17(15-8-2-1-3-9-15)11-5-4-10-16(17)14-18-12-6-7-13-18/h1-3,8-9,16,19H,4-7,10-14H2. The Bertz CT molecular complexity index is 399. The number of rotatable bonds is 3. The van der Waals surface area contributed by atoms with Gasteiger partial charge in [-0.25, -0.2) is 0 Å². The lowest BCUT2D eigenvalue weighted by molar-refractivity contribution is -0.0638. The number of hydrogen-bond donors (Lipinski definition) is 1. The molecule has 1 saturated heterocycles. The van der Waals surface area contributed by atoms with E-state index in [0.29, 0.717) is 5.92 Å². The van der Waals surface area contributed by atoms with Gasteiger partial charge in [-0.15, -0.1) is 0 Å². The molecule has 2 heteroatoms. The monoisotopic (exact) mass is 259 g/mol. The van der Waals surface area contributed by atoms with Gasteiger partial charge in [0.1, 0.15) is 0 Å². The molecule has 1 aromatic rings. The maximum Gasteiger partial charge on any atom is 0.0936 e. The van der Waals surface area contributed by atoms with Gasteiger partial charge < -0.3 is 10.0 Å². The predicted octanol–water partition coefficient (Wildman–Crippen LogP) is 3.16. The molecule has 2 atom stereocenters. The van der Waals surface area contributed by atoms with Crippen LogP contribution in [0.25, 0.3) is 0 Å². The van der Waals surface area contributed by atoms with E-state index in [9.17, 15) is 5.11 Å². The summed E-state index contributed by atoms with van der Waals surface area (Å²) in [5.41, 5.74) is 0.529. The maximum absolute atomic E-state index is 11.2. The van der Waals surface area contributed by atoms with Gasteiger partial charge in [-0.05, 0) is 44.3 Å². The highest BCUT2D eigenvalue weighted by Crippen LogP contribution is 2.42. The van der Waals surface area contributed by atoms with Crippen LogP contribution in [0.3, 0.4) is 0 Å². The van der Waals surface area contributed by atoms with Gasteiger partial charge in [0.05, 0.1) is 5.60 Å². The lowest BCUT2D eigenvalue weighted by atomic mass is 9.71. The first kappa shape index (κ1) is 13.1. The fourth-order valence-corrected chi connectivity index (χ4v) is 3.85. The number of benzene rings is 1. The summed E-state index contributed by atoms with van der Waals surface area (Å²) >= 11 is 0. The minimum Gasteiger partial charge on any atom is -0.385 e. The van der Waals surface area contributed by atoms with Gasteiger partial charge in [0.2, 0.25) is 0 Å². The molecule has 1 aromatic carbocycles. The molecule has 0 aromatic heterocycles. The van der Waals surface area contributed by atoms with Crippen LogP contribution in [0.5, 0.6) is 0 Å². The lowest BCUT2D eigenvalue weighted by Gasteiger charge is -2.42. The first-order valence-corrected chi connectivity index (χ1v) is 7.79. The molecule has 1 aliphatic carbocycles. The van der Waals surface area contributed by atoms with Crippen LogP contribution in [-0.2, 0) is 5.60 Å². The van der Waals surface area contributed by atoms with Gasteiger partial charge in [0, 0.05) is 12.5 Å². The summed E-state index contributed by atoms with van der Waals surface area (Å²) in [5, 5.41) is 11.2. The molecule has 2 aliphatic rings. The van der Waals surface area contributed by atoms with E-state index in [-0.39, 0.29) is 0 Å². The van der Waals surface area contributed by atoms with E-state index in [2.05, 4.69) is 29.2 Å². The van der Waals surface area contributed by atoms with Crippen molar-refractivity contribution in [1.82, 2.24) is 4.90 Å². The van der Waals surface area contributed by atoms with Gasteiger partial charge in [-0.1, -0.05) is 43.2 Å². The zero-order chi connectivity index (χ0) is 13.1. The average molecular weight is 259 g/mol. The van der Waals surface area contributed by atoms with Crippen LogP contribution in [0, 0.1) is 5.92 Å². The minimum atomic E-state index is -0.595. The molecule has 0 radical (unpaired) electrons. The van der Waals surface area contributed by atoms with E-state index >= 15 is 0 Å². The predicted molar refractivity (Wildman–Crippen MR) is 78.0 cm³/mol. The van der Waals surface area contributed by atoms with Gasteiger partial charge in [0.25, 0.3) is 0 Å². The maximum atomic E-state index is 11.2. The highest BCUT2D eigenvalue weighted by molar-refractivity contribution is 5.24. The van der Waals surface area contributed by atoms with E-state index in [0.717, 1.165) is 24.9 Å². The Hall–Kier alpha value is -0.860. The molecular formula is C17H25NO. The molecular weight excluding hydrogens is 234 g/mol. The summed E-state index contributed by atoms with van der Waals surface area (Å²) in [6, 6.07) is 10.3. The van der Waals surface area contributed by atoms with Crippen molar-refractivity contribution in [3.8, 4) is 0 Å². The molecule has 1 aliphatic heterocycles. The van der Waals surface area contributed by atoms with Crippen molar-refractivity contribution in [2.24, 2.45) is 5.92 Å². The van der Waals surface area contributed by atoms with Crippen LogP contribution < -0.4 is 0 Å². The Morgan fingerprint density at radius 1 is 1.05 bits per heavy atom. The van der Waals surface area contributed by atoms with Crippen molar-refractivity contribution >= 4 is 0 Å². The highest BCUT2D eigenvalue weighted by atomic mass is 16.3. The molecule has 0 amide bonds. The number of aliphatic hydroxyl groups is 1. The lowest BCUT2D eigenvalue weighted by Crippen LogP contribution is -2.44. The molecule has 0 spiro atoms. The van der Waals surface area contributed by atoms with E-state index in [1.165, 1.54) is 38.8 Å². The second-order valence-electron chi connectivity index (χ2n) is 6.24. The fourth-order valence-electron chi connectivity index (χ4n) is 3.85. The van der Waals surface area contributed by atoms with E-state index < -0.39 is 5.60 Å². The first-order chi connectivity index (χ1) is 9.29. The Labute approximate surface area is 116 Å². The van der Waals surface area contributed by atoms with Crippen molar-refractivity contribution in [2.75, 3.05) is 19.6 Å². The van der Waals surface area contributed by atoms with Gasteiger partial charge >= 0.3 is 0 Å². The molecule has 2 fully saturated rings. The third kappa shape index (κ3) is 2.70. The van der Waals surface area contributed by atoms with Crippen molar-refractivity contribution in [3.05, 3.63) is 35.9 Å². The van der Waals surface area contributed by atoms with Crippen LogP contribution in [-0.4, -0.2) is 29.6 Å². The molecule has 19 heavy (non-hydrogen) atoms. The number of likely N-dealkylation sites (tertiary alicyclic amines) is 1. The first-order valence-electron chi connectivity index (χ1n) is 7.79. The van der Waals surface area contributed by atoms with Crippen LogP contribution in [0.4, 0.5) is 0 Å². The van der Waals surface area contributed by atoms with Gasteiger partial charge in [0.15, 0.2) is 0 Å². The third-order valence-corrected chi connectivity index (χ3v) is 4.99. The van der Waals surface area contributed by atoms with Crippen LogP contribution in [0.15, 0.2) is 30.3 Å². The average Bonchev–Trinajstić information content (AvgIpc) is 2.96. The number of nitrogens with zero attached hydrogens (tertiary/aromatic N) is 1. The topological polar surface area (TPSA) is 23.5 Å². The Morgan fingerprint density at radius 2 is 1.79 bits per heavy atom. The van der Waals surface area contributed by atoms with E-state index in [1.54, 1.807) is 0 Å². The summed E-state index contributed by atoms with van der Waals surface area (Å²) in [7, 11) is 0. The second kappa shape index (κ2) is 5.64. The molecule has 2 unspecified atom stereocenters. The summed E-state index contributed by atoms with van der Waals surface area (Å²) in [4.78, 5) is 2.55. The Morgan fingerprint density at radius 3 is 2.53 bits per heavy atom.